The molecule has 5 N–H and O–H groups in total. The third-order valence-electron chi connectivity index (χ3n) is 7.59. The number of rotatable bonds is 17. The Labute approximate surface area is 238 Å². The minimum atomic E-state index is -3.31. The highest BCUT2D eigenvalue weighted by atomic mass is 16.4. The molecular formula is C27H47N3O10. The zero-order chi connectivity index (χ0) is 33.4. The molecule has 0 aliphatic carbocycles. The number of ketones is 3. The van der Waals surface area contributed by atoms with E-state index < -0.39 is 90.0 Å². The molecule has 0 bridgehead atoms. The Hall–Kier alpha value is -2.74. The molecule has 0 spiro atoms. The van der Waals surface area contributed by atoms with Crippen LogP contribution >= 0.6 is 0 Å². The van der Waals surface area contributed by atoms with Crippen LogP contribution in [0.4, 0.5) is 0 Å². The first-order valence-corrected chi connectivity index (χ1v) is 13.1. The number of aliphatic hydroxyl groups is 3. The predicted molar refractivity (Wildman–Crippen MR) is 145 cm³/mol. The van der Waals surface area contributed by atoms with Gasteiger partial charge in [-0.3, -0.25) is 24.0 Å². The van der Waals surface area contributed by atoms with Crippen molar-refractivity contribution in [1.29, 1.82) is 0 Å². The van der Waals surface area contributed by atoms with Crippen LogP contribution in [0.25, 0.3) is 0 Å². The van der Waals surface area contributed by atoms with Gasteiger partial charge in [0.15, 0.2) is 22.6 Å². The van der Waals surface area contributed by atoms with Crippen LogP contribution in [0.2, 0.25) is 0 Å². The quantitative estimate of drug-likeness (QED) is 0.140. The molecule has 40 heavy (non-hydrogen) atoms. The molecule has 2 amide bonds. The minimum absolute atomic E-state index is 0.0609. The monoisotopic (exact) mass is 575 g/mol. The number of amides is 2. The lowest BCUT2D eigenvalue weighted by Gasteiger charge is -2.51. The number of Topliss-reactive ketones (excluding diaryl/α,β-unsaturated/α-hetero) is 3. The second-order valence-electron chi connectivity index (χ2n) is 10.5. The number of carbonyl (C=O) groups is 6. The molecule has 0 aromatic heterocycles. The number of nitrogens with zero attached hydrogens (tertiary/aromatic N) is 2. The van der Waals surface area contributed by atoms with Gasteiger partial charge in [-0.25, -0.2) is 4.79 Å². The summed E-state index contributed by atoms with van der Waals surface area (Å²) in [6, 6.07) is -1.28. The lowest BCUT2D eigenvalue weighted by molar-refractivity contribution is -0.180. The summed E-state index contributed by atoms with van der Waals surface area (Å²) < 4.78 is 15.7. The van der Waals surface area contributed by atoms with Crippen molar-refractivity contribution in [2.24, 2.45) is 5.92 Å². The Morgan fingerprint density at radius 1 is 0.925 bits per heavy atom. The predicted octanol–water partition coefficient (Wildman–Crippen LogP) is -0.470. The molecule has 0 heterocycles. The Bertz CT molecular complexity index is 1020. The average Bonchev–Trinajstić information content (AvgIpc) is 2.93. The number of carbonyl (C=O) groups excluding carboxylic acids is 5. The number of nitrogens with one attached hydrogen (secondary N) is 1. The van der Waals surface area contributed by atoms with Crippen LogP contribution in [0.15, 0.2) is 0 Å². The van der Waals surface area contributed by atoms with Crippen molar-refractivity contribution in [1.82, 2.24) is 15.1 Å². The van der Waals surface area contributed by atoms with Gasteiger partial charge >= 0.3 is 5.97 Å². The van der Waals surface area contributed by atoms with Gasteiger partial charge in [0.1, 0.15) is 12.2 Å². The zero-order valence-electron chi connectivity index (χ0n) is 26.7. The van der Waals surface area contributed by atoms with Gasteiger partial charge in [-0.05, 0) is 47.1 Å². The normalized spacial score (nSPS) is 19.7. The fourth-order valence-electron chi connectivity index (χ4n) is 4.66. The van der Waals surface area contributed by atoms with Crippen molar-refractivity contribution < 1.29 is 51.9 Å². The van der Waals surface area contributed by atoms with Crippen LogP contribution in [-0.2, 0) is 28.8 Å². The summed E-state index contributed by atoms with van der Waals surface area (Å²) in [6.45, 7) is 8.18. The lowest BCUT2D eigenvalue weighted by Crippen LogP contribution is -2.78. The van der Waals surface area contributed by atoms with Crippen LogP contribution in [0.3, 0.4) is 0 Å². The van der Waals surface area contributed by atoms with Crippen molar-refractivity contribution in [2.45, 2.75) is 109 Å². The average molecular weight is 576 g/mol. The summed E-state index contributed by atoms with van der Waals surface area (Å²) in [5, 5.41) is 43.6. The van der Waals surface area contributed by atoms with E-state index in [0.717, 1.165) is 27.8 Å². The number of hydrogen-bond donors (Lipinski definition) is 5. The third-order valence-corrected chi connectivity index (χ3v) is 7.59. The summed E-state index contributed by atoms with van der Waals surface area (Å²) in [7, 11) is -0.662. The first kappa shape index (κ1) is 33.5. The van der Waals surface area contributed by atoms with Crippen molar-refractivity contribution in [3.05, 3.63) is 0 Å². The molecule has 13 heteroatoms. The van der Waals surface area contributed by atoms with Crippen LogP contribution in [0.1, 0.15) is 76.9 Å². The molecule has 0 radical (unpaired) electrons. The maximum atomic E-state index is 15.1. The number of carboxylic acids is 1. The first-order valence-electron chi connectivity index (χ1n) is 14.5. The standard InChI is InChI=1S/C27H47N3O10/c1-11-13-14-18(28-8)19(33)25(6,29(9)20(34)16(4)31)22(36)27(15(3)12-2,30(10)21(35)17(5)32)23(37)26(7,40)24(38)39/h15-18,28,31-32,40H,11-14H2,1-10H3,(H,38,39)/t15-,16-,17-,18-,25+,26-,27+/m0/s1/i8D,9D. The topological polar surface area (TPSA) is 202 Å². The van der Waals surface area contributed by atoms with E-state index in [4.69, 9.17) is 2.74 Å². The minimum Gasteiger partial charge on any atom is -0.479 e. The Morgan fingerprint density at radius 3 is 1.80 bits per heavy atom. The van der Waals surface area contributed by atoms with Gasteiger partial charge in [-0.15, -0.1) is 0 Å². The van der Waals surface area contributed by atoms with Crippen molar-refractivity contribution in [3.8, 4) is 0 Å². The largest absolute Gasteiger partial charge is 0.479 e. The van der Waals surface area contributed by atoms with Gasteiger partial charge in [0, 0.05) is 16.8 Å². The summed E-state index contributed by atoms with van der Waals surface area (Å²) in [5.74, 6) is -10.2. The Morgan fingerprint density at radius 2 is 1.43 bits per heavy atom. The molecule has 0 aliphatic rings. The Kier molecular flexibility index (Phi) is 11.9. The van der Waals surface area contributed by atoms with E-state index in [0.29, 0.717) is 29.6 Å². The number of hydrogen-bond acceptors (Lipinski definition) is 10. The van der Waals surface area contributed by atoms with Gasteiger partial charge in [0.2, 0.25) is 11.4 Å². The molecule has 0 aliphatic heterocycles. The molecule has 13 nitrogen and oxygen atoms in total. The van der Waals surface area contributed by atoms with Crippen LogP contribution < -0.4 is 5.32 Å². The van der Waals surface area contributed by atoms with E-state index >= 15 is 4.79 Å². The highest BCUT2D eigenvalue weighted by Gasteiger charge is 2.67. The van der Waals surface area contributed by atoms with Crippen molar-refractivity contribution >= 4 is 35.1 Å². The summed E-state index contributed by atoms with van der Waals surface area (Å²) >= 11 is 0. The summed E-state index contributed by atoms with van der Waals surface area (Å²) in [4.78, 5) is 83.1. The van der Waals surface area contributed by atoms with E-state index in [2.05, 4.69) is 5.32 Å². The summed E-state index contributed by atoms with van der Waals surface area (Å²) in [6.07, 6.45) is -2.70. The SMILES string of the molecule is [2H]CN[C@@H](CCCC)C(=O)[C@](C)(C(=O)[C@@](C(=O)[C@](C)(O)C(=O)O)([C@@H](C)CC)N(C)C(=O)[C@H](C)O)N(C[2H])C(=O)[C@H](C)O. The maximum Gasteiger partial charge on any atom is 0.343 e. The van der Waals surface area contributed by atoms with E-state index in [1.54, 1.807) is 0 Å². The van der Waals surface area contributed by atoms with Gasteiger partial charge in [0.05, 0.1) is 6.04 Å². The number of carboxylic acid groups (broad SMARTS) is 1. The van der Waals surface area contributed by atoms with Gasteiger partial charge in [0.25, 0.3) is 11.8 Å². The molecule has 0 aromatic rings. The molecule has 0 unspecified atom stereocenters. The molecule has 0 fully saturated rings. The Balaban J connectivity index is 8.26. The lowest BCUT2D eigenvalue weighted by atomic mass is 9.64. The summed E-state index contributed by atoms with van der Waals surface area (Å²) in [5.41, 5.74) is -9.12. The molecule has 230 valence electrons. The van der Waals surface area contributed by atoms with Gasteiger partial charge in [-0.1, -0.05) is 40.0 Å². The van der Waals surface area contributed by atoms with E-state index in [1.807, 2.05) is 6.92 Å². The highest BCUT2D eigenvalue weighted by molar-refractivity contribution is 6.30. The molecule has 0 rings (SSSR count). The molecule has 0 saturated heterocycles. The zero-order valence-corrected chi connectivity index (χ0v) is 24.7. The van der Waals surface area contributed by atoms with Crippen LogP contribution in [0.5, 0.6) is 0 Å². The molecule has 0 saturated carbocycles. The fraction of sp³-hybridized carbons (Fsp3) is 0.778. The second kappa shape index (κ2) is 14.2. The van der Waals surface area contributed by atoms with E-state index in [1.165, 1.54) is 13.8 Å². The highest BCUT2D eigenvalue weighted by Crippen LogP contribution is 2.39. The second-order valence-corrected chi connectivity index (χ2v) is 10.5. The number of unbranched alkanes of at least 4 members (excludes halogenated alkanes) is 1. The van der Waals surface area contributed by atoms with Gasteiger partial charge < -0.3 is 35.5 Å². The van der Waals surface area contributed by atoms with Crippen LogP contribution in [0, 0.1) is 5.92 Å². The maximum absolute atomic E-state index is 15.1. The number of aliphatic carboxylic acids is 1. The molecule has 7 atom stereocenters. The van der Waals surface area contributed by atoms with Crippen molar-refractivity contribution in [3.63, 3.8) is 0 Å². The number of likely N-dealkylation sites (N-methyl/N-ethyl adjacent to an activating group) is 3. The van der Waals surface area contributed by atoms with Gasteiger partial charge in [-0.2, -0.15) is 0 Å². The number of aliphatic hydroxyl groups excluding tert-OH is 2. The molecular weight excluding hydrogens is 526 g/mol. The first-order chi connectivity index (χ1) is 19.2. The molecule has 0 aromatic carbocycles. The van der Waals surface area contributed by atoms with Crippen molar-refractivity contribution in [2.75, 3.05) is 21.1 Å². The third kappa shape index (κ3) is 6.59. The fourth-order valence-corrected chi connectivity index (χ4v) is 4.66. The van der Waals surface area contributed by atoms with E-state index in [-0.39, 0.29) is 12.8 Å². The van der Waals surface area contributed by atoms with Crippen LogP contribution in [-0.4, -0.2) is 121 Å². The van der Waals surface area contributed by atoms with E-state index in [9.17, 15) is 44.4 Å². The smallest absolute Gasteiger partial charge is 0.343 e.